The molecule has 0 bridgehead atoms. The predicted octanol–water partition coefficient (Wildman–Crippen LogP) is 3.12. The van der Waals surface area contributed by atoms with Crippen molar-refractivity contribution in [3.8, 4) is 0 Å². The number of rotatable bonds is 6. The second-order valence-corrected chi connectivity index (χ2v) is 6.09. The average molecular weight is 339 g/mol. The molecule has 0 radical (unpaired) electrons. The Hall–Kier alpha value is -2.66. The number of carbonyl (C=O) groups is 2. The Morgan fingerprint density at radius 1 is 1.08 bits per heavy atom. The van der Waals surface area contributed by atoms with Gasteiger partial charge in [0.1, 0.15) is 0 Å². The highest BCUT2D eigenvalue weighted by Crippen LogP contribution is 2.24. The summed E-state index contributed by atoms with van der Waals surface area (Å²) in [6, 6.07) is 12.9. The molecule has 2 aromatic rings. The lowest BCUT2D eigenvalue weighted by molar-refractivity contribution is -0.119. The van der Waals surface area contributed by atoms with Crippen molar-refractivity contribution in [2.75, 3.05) is 19.0 Å². The van der Waals surface area contributed by atoms with Crippen LogP contribution in [0.3, 0.4) is 0 Å². The minimum Gasteiger partial charge on any atom is -0.452 e. The Balaban J connectivity index is 1.53. The number of hydrogen-bond donors (Lipinski definition) is 1. The van der Waals surface area contributed by atoms with Gasteiger partial charge in [0.25, 0.3) is 5.91 Å². The summed E-state index contributed by atoms with van der Waals surface area (Å²) in [7, 11) is 1.59. The van der Waals surface area contributed by atoms with Crippen molar-refractivity contribution in [1.29, 1.82) is 0 Å². The van der Waals surface area contributed by atoms with Crippen LogP contribution in [0.25, 0.3) is 0 Å². The van der Waals surface area contributed by atoms with Crippen LogP contribution < -0.4 is 5.32 Å². The summed E-state index contributed by atoms with van der Waals surface area (Å²) in [6.45, 7) is 0.102. The highest BCUT2D eigenvalue weighted by atomic mass is 16.5. The fourth-order valence-corrected chi connectivity index (χ4v) is 3.02. The molecule has 1 N–H and O–H groups in total. The summed E-state index contributed by atoms with van der Waals surface area (Å²) in [4.78, 5) is 24.1. The molecule has 0 unspecified atom stereocenters. The lowest BCUT2D eigenvalue weighted by atomic mass is 10.1. The Labute approximate surface area is 147 Å². The molecule has 0 heterocycles. The number of carbonyl (C=O) groups excluding carboxylic acids is 2. The van der Waals surface area contributed by atoms with Crippen LogP contribution in [0.5, 0.6) is 0 Å². The average Bonchev–Trinajstić information content (AvgIpc) is 3.08. The van der Waals surface area contributed by atoms with Gasteiger partial charge in [-0.1, -0.05) is 18.2 Å². The fraction of sp³-hybridized carbons (Fsp3) is 0.300. The third-order valence-electron chi connectivity index (χ3n) is 4.19. The molecule has 0 saturated carbocycles. The first-order valence-electron chi connectivity index (χ1n) is 8.32. The van der Waals surface area contributed by atoms with E-state index in [2.05, 4.69) is 5.32 Å². The Bertz CT molecular complexity index is 785. The molecule has 0 saturated heterocycles. The number of hydrogen-bond acceptors (Lipinski definition) is 4. The Kier molecular flexibility index (Phi) is 5.46. The van der Waals surface area contributed by atoms with E-state index in [1.165, 1.54) is 11.1 Å². The van der Waals surface area contributed by atoms with Gasteiger partial charge < -0.3 is 14.8 Å². The first-order chi connectivity index (χ1) is 12.2. The van der Waals surface area contributed by atoms with E-state index in [1.807, 2.05) is 24.3 Å². The smallest absolute Gasteiger partial charge is 0.338 e. The summed E-state index contributed by atoms with van der Waals surface area (Å²) >= 11 is 0. The zero-order valence-electron chi connectivity index (χ0n) is 14.2. The summed E-state index contributed by atoms with van der Waals surface area (Å²) in [6.07, 6.45) is 3.31. The summed E-state index contributed by atoms with van der Waals surface area (Å²) in [5.41, 5.74) is 4.65. The lowest BCUT2D eigenvalue weighted by Crippen LogP contribution is -2.21. The number of esters is 1. The van der Waals surface area contributed by atoms with Crippen molar-refractivity contribution >= 4 is 17.6 Å². The molecular weight excluding hydrogens is 318 g/mol. The van der Waals surface area contributed by atoms with Gasteiger partial charge in [-0.05, 0) is 60.2 Å². The number of aryl methyl sites for hydroxylation is 2. The van der Waals surface area contributed by atoms with Gasteiger partial charge in [0, 0.05) is 12.8 Å². The molecule has 0 atom stereocenters. The van der Waals surface area contributed by atoms with Crippen LogP contribution in [-0.4, -0.2) is 25.6 Å². The van der Waals surface area contributed by atoms with Gasteiger partial charge in [0.2, 0.25) is 0 Å². The topological polar surface area (TPSA) is 64.6 Å². The summed E-state index contributed by atoms with van der Waals surface area (Å²) < 4.78 is 10.1. The van der Waals surface area contributed by atoms with Gasteiger partial charge >= 0.3 is 5.97 Å². The zero-order valence-corrected chi connectivity index (χ0v) is 14.2. The van der Waals surface area contributed by atoms with Crippen molar-refractivity contribution in [3.05, 3.63) is 64.7 Å². The standard InChI is InChI=1S/C20H21NO4/c1-24-12-14-4-2-7-17(10-14)20(23)25-13-19(22)21-18-9-8-15-5-3-6-16(15)11-18/h2,4,7-11H,3,5-6,12-13H2,1H3,(H,21,22). The van der Waals surface area contributed by atoms with E-state index in [1.54, 1.807) is 25.3 Å². The second kappa shape index (κ2) is 7.94. The number of methoxy groups -OCH3 is 1. The minimum absolute atomic E-state index is 0.315. The van der Waals surface area contributed by atoms with Gasteiger partial charge in [-0.3, -0.25) is 4.79 Å². The molecule has 0 aliphatic heterocycles. The third-order valence-corrected chi connectivity index (χ3v) is 4.19. The van der Waals surface area contributed by atoms with E-state index in [0.29, 0.717) is 12.2 Å². The normalized spacial score (nSPS) is 12.5. The van der Waals surface area contributed by atoms with Gasteiger partial charge in [-0.25, -0.2) is 4.79 Å². The maximum absolute atomic E-state index is 12.1. The number of benzene rings is 2. The second-order valence-electron chi connectivity index (χ2n) is 6.09. The molecule has 1 amide bonds. The van der Waals surface area contributed by atoms with Crippen molar-refractivity contribution < 1.29 is 19.1 Å². The summed E-state index contributed by atoms with van der Waals surface area (Å²) in [5.74, 6) is -0.874. The molecule has 2 aromatic carbocycles. The van der Waals surface area contributed by atoms with Crippen LogP contribution in [0.15, 0.2) is 42.5 Å². The van der Waals surface area contributed by atoms with E-state index in [0.717, 1.165) is 30.5 Å². The molecule has 5 heteroatoms. The quantitative estimate of drug-likeness (QED) is 0.821. The number of ether oxygens (including phenoxy) is 2. The molecule has 25 heavy (non-hydrogen) atoms. The fourth-order valence-electron chi connectivity index (χ4n) is 3.02. The first kappa shape index (κ1) is 17.2. The molecule has 5 nitrogen and oxygen atoms in total. The van der Waals surface area contributed by atoms with E-state index < -0.39 is 5.97 Å². The zero-order chi connectivity index (χ0) is 17.6. The van der Waals surface area contributed by atoms with E-state index in [4.69, 9.17) is 9.47 Å². The molecule has 0 spiro atoms. The Morgan fingerprint density at radius 2 is 1.92 bits per heavy atom. The highest BCUT2D eigenvalue weighted by Gasteiger charge is 2.13. The van der Waals surface area contributed by atoms with Crippen molar-refractivity contribution in [3.63, 3.8) is 0 Å². The Morgan fingerprint density at radius 3 is 2.76 bits per heavy atom. The number of nitrogens with one attached hydrogen (secondary N) is 1. The molecular formula is C20H21NO4. The maximum Gasteiger partial charge on any atom is 0.338 e. The van der Waals surface area contributed by atoms with Crippen LogP contribution in [0.1, 0.15) is 33.5 Å². The van der Waals surface area contributed by atoms with Gasteiger partial charge in [-0.15, -0.1) is 0 Å². The van der Waals surface area contributed by atoms with E-state index >= 15 is 0 Å². The molecule has 3 rings (SSSR count). The van der Waals surface area contributed by atoms with Gasteiger partial charge in [0.05, 0.1) is 12.2 Å². The number of fused-ring (bicyclic) bond motifs is 1. The van der Waals surface area contributed by atoms with Crippen LogP contribution in [-0.2, 0) is 33.7 Å². The third kappa shape index (κ3) is 4.45. The molecule has 1 aliphatic carbocycles. The predicted molar refractivity (Wildman–Crippen MR) is 94.5 cm³/mol. The largest absolute Gasteiger partial charge is 0.452 e. The number of amides is 1. The van der Waals surface area contributed by atoms with Crippen molar-refractivity contribution in [1.82, 2.24) is 0 Å². The van der Waals surface area contributed by atoms with Crippen LogP contribution in [0.2, 0.25) is 0 Å². The van der Waals surface area contributed by atoms with Crippen LogP contribution in [0, 0.1) is 0 Å². The molecule has 1 aliphatic rings. The van der Waals surface area contributed by atoms with Crippen molar-refractivity contribution in [2.45, 2.75) is 25.9 Å². The van der Waals surface area contributed by atoms with Gasteiger partial charge in [0.15, 0.2) is 6.61 Å². The SMILES string of the molecule is COCc1cccc(C(=O)OCC(=O)Nc2ccc3c(c2)CCC3)c1. The lowest BCUT2D eigenvalue weighted by Gasteiger charge is -2.09. The molecule has 0 aromatic heterocycles. The molecule has 0 fully saturated rings. The highest BCUT2D eigenvalue weighted by molar-refractivity contribution is 5.95. The monoisotopic (exact) mass is 339 g/mol. The summed E-state index contributed by atoms with van der Waals surface area (Å²) in [5, 5.41) is 2.77. The first-order valence-corrected chi connectivity index (χ1v) is 8.32. The van der Waals surface area contributed by atoms with E-state index in [-0.39, 0.29) is 12.5 Å². The molecule has 130 valence electrons. The van der Waals surface area contributed by atoms with Crippen LogP contribution in [0.4, 0.5) is 5.69 Å². The van der Waals surface area contributed by atoms with Gasteiger partial charge in [-0.2, -0.15) is 0 Å². The van der Waals surface area contributed by atoms with Crippen LogP contribution >= 0.6 is 0 Å². The maximum atomic E-state index is 12.1. The van der Waals surface area contributed by atoms with Crippen molar-refractivity contribution in [2.24, 2.45) is 0 Å². The van der Waals surface area contributed by atoms with E-state index in [9.17, 15) is 9.59 Å². The minimum atomic E-state index is -0.526. The number of anilines is 1.